The molecule has 1 rings (SSSR count). The van der Waals surface area contributed by atoms with E-state index in [0.29, 0.717) is 19.4 Å². The highest BCUT2D eigenvalue weighted by molar-refractivity contribution is 6.17. The van der Waals surface area contributed by atoms with Crippen molar-refractivity contribution in [3.8, 4) is 0 Å². The van der Waals surface area contributed by atoms with Crippen LogP contribution in [0.15, 0.2) is 12.2 Å². The number of hydrogen-bond acceptors (Lipinski definition) is 5. The van der Waals surface area contributed by atoms with Gasteiger partial charge in [-0.25, -0.2) is 0 Å². The van der Waals surface area contributed by atoms with Crippen LogP contribution in [0.25, 0.3) is 0 Å². The van der Waals surface area contributed by atoms with Gasteiger partial charge in [-0.15, -0.1) is 0 Å². The predicted molar refractivity (Wildman–Crippen MR) is 40.7 cm³/mol. The maximum atomic E-state index is 11.3. The minimum Gasteiger partial charge on any atom is -0.545 e. The highest BCUT2D eigenvalue weighted by Gasteiger charge is 2.30. The van der Waals surface area contributed by atoms with Gasteiger partial charge in [-0.3, -0.25) is 4.79 Å². The Balaban J connectivity index is 2.67. The monoisotopic (exact) mass is 184 g/mol. The van der Waals surface area contributed by atoms with Gasteiger partial charge in [0.05, 0.1) is 12.0 Å². The maximum absolute atomic E-state index is 11.3. The van der Waals surface area contributed by atoms with Gasteiger partial charge in [0.1, 0.15) is 0 Å². The molecule has 13 heavy (non-hydrogen) atoms. The maximum Gasteiger partial charge on any atom is 0.183 e. The topological polar surface area (TPSA) is 80.7 Å². The third kappa shape index (κ3) is 1.93. The first kappa shape index (κ1) is 9.88. The molecule has 1 saturated heterocycles. The fourth-order valence-electron chi connectivity index (χ4n) is 1.32. The molecule has 1 atom stereocenters. The van der Waals surface area contributed by atoms with Crippen LogP contribution < -0.4 is 5.11 Å². The molecule has 1 fully saturated rings. The number of carboxylic acids is 1. The Hall–Kier alpha value is -1.20. The van der Waals surface area contributed by atoms with Gasteiger partial charge in [-0.2, -0.15) is 5.06 Å². The van der Waals surface area contributed by atoms with Gasteiger partial charge in [0.2, 0.25) is 0 Å². The van der Waals surface area contributed by atoms with Gasteiger partial charge in [-0.05, 0) is 12.8 Å². The Morgan fingerprint density at radius 2 is 2.15 bits per heavy atom. The number of nitrogens with zero attached hydrogens (tertiary/aromatic N) is 1. The number of hydrogen-bond donors (Lipinski definition) is 1. The number of carbonyl (C=O) groups excluding carboxylic acids is 2. The summed E-state index contributed by atoms with van der Waals surface area (Å²) in [4.78, 5) is 21.5. The second-order valence-corrected chi connectivity index (χ2v) is 2.95. The van der Waals surface area contributed by atoms with Gasteiger partial charge >= 0.3 is 0 Å². The van der Waals surface area contributed by atoms with Crippen molar-refractivity contribution in [2.45, 2.75) is 18.9 Å². The second-order valence-electron chi connectivity index (χ2n) is 2.95. The van der Waals surface area contributed by atoms with Crippen LogP contribution in [-0.4, -0.2) is 34.6 Å². The number of rotatable bonds is 3. The summed E-state index contributed by atoms with van der Waals surface area (Å²) in [5, 5.41) is 20.3. The van der Waals surface area contributed by atoms with Crippen LogP contribution in [0.1, 0.15) is 12.8 Å². The number of ketones is 1. The minimum absolute atomic E-state index is 0.386. The fourth-order valence-corrected chi connectivity index (χ4v) is 1.32. The standard InChI is InChI=1S/C8H11NO4/c1-5(8(11)12)7(10)6-3-2-4-9(6)13/h6,13H,1-4H2,(H,11,12)/p-1. The van der Waals surface area contributed by atoms with E-state index < -0.39 is 23.4 Å². The van der Waals surface area contributed by atoms with E-state index in [4.69, 9.17) is 5.21 Å². The smallest absolute Gasteiger partial charge is 0.183 e. The zero-order valence-corrected chi connectivity index (χ0v) is 7.02. The molecule has 1 unspecified atom stereocenters. The van der Waals surface area contributed by atoms with Crippen molar-refractivity contribution in [3.05, 3.63) is 12.2 Å². The molecular formula is C8H10NO4-. The van der Waals surface area contributed by atoms with Gasteiger partial charge in [0.25, 0.3) is 0 Å². The van der Waals surface area contributed by atoms with Gasteiger partial charge in [-0.1, -0.05) is 6.58 Å². The Morgan fingerprint density at radius 1 is 1.54 bits per heavy atom. The summed E-state index contributed by atoms with van der Waals surface area (Å²) in [5.74, 6) is -2.25. The Morgan fingerprint density at radius 3 is 2.54 bits per heavy atom. The molecule has 5 nitrogen and oxygen atoms in total. The van der Waals surface area contributed by atoms with Crippen molar-refractivity contribution in [1.82, 2.24) is 5.06 Å². The minimum atomic E-state index is -1.58. The molecular weight excluding hydrogens is 174 g/mol. The first-order valence-corrected chi connectivity index (χ1v) is 3.94. The molecule has 0 aliphatic carbocycles. The number of carbonyl (C=O) groups is 2. The summed E-state index contributed by atoms with van der Waals surface area (Å²) >= 11 is 0. The summed E-state index contributed by atoms with van der Waals surface area (Å²) in [6.45, 7) is 3.47. The molecule has 72 valence electrons. The van der Waals surface area contributed by atoms with Crippen LogP contribution >= 0.6 is 0 Å². The van der Waals surface area contributed by atoms with E-state index >= 15 is 0 Å². The molecule has 1 N–H and O–H groups in total. The normalized spacial score (nSPS) is 23.0. The summed E-state index contributed by atoms with van der Waals surface area (Å²) in [6, 6.07) is -0.759. The fraction of sp³-hybridized carbons (Fsp3) is 0.500. The average Bonchev–Trinajstić information content (AvgIpc) is 2.48. The van der Waals surface area contributed by atoms with Crippen LogP contribution in [-0.2, 0) is 9.59 Å². The van der Waals surface area contributed by atoms with Gasteiger partial charge in [0.15, 0.2) is 5.78 Å². The highest BCUT2D eigenvalue weighted by Crippen LogP contribution is 2.17. The van der Waals surface area contributed by atoms with Crippen LogP contribution in [0.4, 0.5) is 0 Å². The lowest BCUT2D eigenvalue weighted by molar-refractivity contribution is -0.298. The first-order valence-electron chi connectivity index (χ1n) is 3.94. The molecule has 0 saturated carbocycles. The SMILES string of the molecule is C=C(C(=O)[O-])C(=O)C1CCCN1O. The molecule has 0 spiro atoms. The molecule has 0 bridgehead atoms. The van der Waals surface area contributed by atoms with Crippen LogP contribution in [0.2, 0.25) is 0 Å². The largest absolute Gasteiger partial charge is 0.545 e. The Labute approximate surface area is 75.2 Å². The summed E-state index contributed by atoms with van der Waals surface area (Å²) in [6.07, 6.45) is 1.13. The van der Waals surface area contributed by atoms with Gasteiger partial charge < -0.3 is 15.1 Å². The molecule has 0 radical (unpaired) electrons. The van der Waals surface area contributed by atoms with E-state index in [-0.39, 0.29) is 0 Å². The molecule has 1 aliphatic rings. The first-order chi connectivity index (χ1) is 6.04. The lowest BCUT2D eigenvalue weighted by Crippen LogP contribution is -2.39. The summed E-state index contributed by atoms with van der Waals surface area (Å²) in [7, 11) is 0. The van der Waals surface area contributed by atoms with E-state index in [2.05, 4.69) is 6.58 Å². The third-order valence-electron chi connectivity index (χ3n) is 2.07. The van der Waals surface area contributed by atoms with Crippen molar-refractivity contribution < 1.29 is 19.9 Å². The summed E-state index contributed by atoms with van der Waals surface area (Å²) in [5.41, 5.74) is -0.578. The van der Waals surface area contributed by atoms with Crippen molar-refractivity contribution >= 4 is 11.8 Å². The van der Waals surface area contributed by atoms with Crippen LogP contribution in [0, 0.1) is 0 Å². The van der Waals surface area contributed by atoms with E-state index in [1.807, 2.05) is 0 Å². The Bertz CT molecular complexity index is 261. The van der Waals surface area contributed by atoms with Crippen LogP contribution in [0.5, 0.6) is 0 Å². The molecule has 0 aromatic carbocycles. The molecule has 0 aromatic rings. The molecule has 5 heteroatoms. The molecule has 1 aliphatic heterocycles. The number of aliphatic carboxylic acids is 1. The molecule has 0 aromatic heterocycles. The van der Waals surface area contributed by atoms with E-state index in [0.717, 1.165) is 5.06 Å². The van der Waals surface area contributed by atoms with Crippen molar-refractivity contribution in [1.29, 1.82) is 0 Å². The molecule has 1 heterocycles. The highest BCUT2D eigenvalue weighted by atomic mass is 16.5. The lowest BCUT2D eigenvalue weighted by atomic mass is 10.0. The van der Waals surface area contributed by atoms with Gasteiger partial charge in [0, 0.05) is 12.1 Å². The van der Waals surface area contributed by atoms with E-state index in [1.54, 1.807) is 0 Å². The third-order valence-corrected chi connectivity index (χ3v) is 2.07. The van der Waals surface area contributed by atoms with E-state index in [9.17, 15) is 14.7 Å². The van der Waals surface area contributed by atoms with Crippen molar-refractivity contribution in [2.75, 3.05) is 6.54 Å². The average molecular weight is 184 g/mol. The van der Waals surface area contributed by atoms with Crippen LogP contribution in [0.3, 0.4) is 0 Å². The van der Waals surface area contributed by atoms with Crippen molar-refractivity contribution in [3.63, 3.8) is 0 Å². The number of hydroxylamine groups is 2. The van der Waals surface area contributed by atoms with E-state index in [1.165, 1.54) is 0 Å². The lowest BCUT2D eigenvalue weighted by Gasteiger charge is -2.17. The molecule has 0 amide bonds. The predicted octanol–water partition coefficient (Wildman–Crippen LogP) is -1.28. The zero-order chi connectivity index (χ0) is 10.0. The summed E-state index contributed by atoms with van der Waals surface area (Å²) < 4.78 is 0. The number of carboxylic acid groups (broad SMARTS) is 1. The quantitative estimate of drug-likeness (QED) is 0.335. The second kappa shape index (κ2) is 3.68. The zero-order valence-electron chi connectivity index (χ0n) is 7.02. The Kier molecular flexibility index (Phi) is 2.79. The number of Topliss-reactive ketones (excluding diaryl/α,β-unsaturated/α-hetero) is 1. The van der Waals surface area contributed by atoms with Crippen molar-refractivity contribution in [2.24, 2.45) is 0 Å².